The maximum atomic E-state index is 5.55. The number of aromatic nitrogens is 3. The van der Waals surface area contributed by atoms with Crippen LogP contribution < -0.4 is 4.90 Å². The summed E-state index contributed by atoms with van der Waals surface area (Å²) in [6, 6.07) is 0.312. The van der Waals surface area contributed by atoms with E-state index in [0.717, 1.165) is 25.5 Å². The first-order chi connectivity index (χ1) is 8.54. The van der Waals surface area contributed by atoms with E-state index in [4.69, 9.17) is 17.0 Å². The van der Waals surface area contributed by atoms with Gasteiger partial charge < -0.3 is 9.64 Å². The van der Waals surface area contributed by atoms with Crippen molar-refractivity contribution in [1.82, 2.24) is 14.8 Å². The number of H-pyrrole nitrogens is 1. The van der Waals surface area contributed by atoms with Crippen molar-refractivity contribution in [3.05, 3.63) is 4.77 Å². The zero-order valence-electron chi connectivity index (χ0n) is 11.5. The molecule has 0 radical (unpaired) electrons. The number of methoxy groups -OCH3 is 1. The van der Waals surface area contributed by atoms with Crippen molar-refractivity contribution in [1.29, 1.82) is 0 Å². The van der Waals surface area contributed by atoms with Gasteiger partial charge >= 0.3 is 0 Å². The lowest BCUT2D eigenvalue weighted by Gasteiger charge is -2.36. The van der Waals surface area contributed by atoms with Gasteiger partial charge in [-0.2, -0.15) is 0 Å². The molecule has 1 N–H and O–H groups in total. The molecule has 102 valence electrons. The minimum absolute atomic E-state index is 0.268. The second kappa shape index (κ2) is 5.40. The summed E-state index contributed by atoms with van der Waals surface area (Å²) in [5, 5.41) is 7.26. The Bertz CT molecular complexity index is 453. The van der Waals surface area contributed by atoms with Crippen molar-refractivity contribution in [3.63, 3.8) is 0 Å². The molecule has 18 heavy (non-hydrogen) atoms. The summed E-state index contributed by atoms with van der Waals surface area (Å²) in [5.41, 5.74) is 0. The zero-order valence-corrected chi connectivity index (χ0v) is 12.3. The summed E-state index contributed by atoms with van der Waals surface area (Å²) in [5.74, 6) is 1.53. The van der Waals surface area contributed by atoms with Crippen molar-refractivity contribution in [2.75, 3.05) is 25.1 Å². The molecule has 0 saturated carbocycles. The third-order valence-corrected chi connectivity index (χ3v) is 3.97. The predicted molar refractivity (Wildman–Crippen MR) is 74.6 cm³/mol. The second-order valence-electron chi connectivity index (χ2n) is 5.28. The Morgan fingerprint density at radius 2 is 2.22 bits per heavy atom. The predicted octanol–water partition coefficient (Wildman–Crippen LogP) is 2.38. The second-order valence-corrected chi connectivity index (χ2v) is 5.67. The molecule has 0 aliphatic carbocycles. The van der Waals surface area contributed by atoms with Crippen LogP contribution >= 0.6 is 12.2 Å². The molecule has 1 aliphatic heterocycles. The molecule has 2 heterocycles. The van der Waals surface area contributed by atoms with Crippen LogP contribution in [0.4, 0.5) is 5.95 Å². The van der Waals surface area contributed by atoms with Crippen LogP contribution in [0.25, 0.3) is 0 Å². The van der Waals surface area contributed by atoms with Gasteiger partial charge in [-0.25, -0.2) is 5.10 Å². The molecule has 5 nitrogen and oxygen atoms in total. The fourth-order valence-electron chi connectivity index (χ4n) is 2.51. The number of nitrogens with zero attached hydrogens (tertiary/aromatic N) is 3. The standard InChI is InChI=1S/C12H22N4OS/c1-8(2)16-11(13-14-12(16)18)15-6-5-9(3)10(7-15)17-4/h8-10H,5-7H2,1-4H3,(H,14,18). The molecule has 1 fully saturated rings. The molecule has 0 spiro atoms. The highest BCUT2D eigenvalue weighted by molar-refractivity contribution is 7.71. The Hall–Kier alpha value is -0.880. The van der Waals surface area contributed by atoms with E-state index in [9.17, 15) is 0 Å². The van der Waals surface area contributed by atoms with E-state index >= 15 is 0 Å². The quantitative estimate of drug-likeness (QED) is 0.857. The first-order valence-corrected chi connectivity index (χ1v) is 6.90. The Kier molecular flexibility index (Phi) is 4.07. The minimum Gasteiger partial charge on any atom is -0.379 e. The van der Waals surface area contributed by atoms with E-state index in [2.05, 4.69) is 40.4 Å². The van der Waals surface area contributed by atoms with E-state index in [1.807, 2.05) is 0 Å². The number of aromatic amines is 1. The van der Waals surface area contributed by atoms with Gasteiger partial charge in [-0.15, -0.1) is 5.10 Å². The van der Waals surface area contributed by atoms with Crippen molar-refractivity contribution < 1.29 is 4.74 Å². The number of hydrogen-bond donors (Lipinski definition) is 1. The van der Waals surface area contributed by atoms with Gasteiger partial charge in [0.1, 0.15) is 0 Å². The number of anilines is 1. The van der Waals surface area contributed by atoms with Gasteiger partial charge in [0.25, 0.3) is 0 Å². The van der Waals surface area contributed by atoms with Crippen molar-refractivity contribution in [2.45, 2.75) is 39.3 Å². The summed E-state index contributed by atoms with van der Waals surface area (Å²) >= 11 is 5.29. The van der Waals surface area contributed by atoms with E-state index in [1.54, 1.807) is 7.11 Å². The lowest BCUT2D eigenvalue weighted by Crippen LogP contribution is -2.45. The molecule has 2 rings (SSSR count). The Labute approximate surface area is 113 Å². The van der Waals surface area contributed by atoms with Crippen LogP contribution in [0.15, 0.2) is 0 Å². The molecule has 0 amide bonds. The molecule has 1 aliphatic rings. The molecule has 1 saturated heterocycles. The molecule has 6 heteroatoms. The SMILES string of the molecule is COC1CN(c2n[nH]c(=S)n2C(C)C)CCC1C. The van der Waals surface area contributed by atoms with Gasteiger partial charge in [0.2, 0.25) is 5.95 Å². The minimum atomic E-state index is 0.268. The van der Waals surface area contributed by atoms with E-state index in [1.165, 1.54) is 0 Å². The fraction of sp³-hybridized carbons (Fsp3) is 0.833. The van der Waals surface area contributed by atoms with Gasteiger partial charge in [0, 0.05) is 26.2 Å². The topological polar surface area (TPSA) is 46.1 Å². The van der Waals surface area contributed by atoms with Crippen LogP contribution in [0.5, 0.6) is 0 Å². The van der Waals surface area contributed by atoms with Gasteiger partial charge in [-0.1, -0.05) is 6.92 Å². The Balaban J connectivity index is 2.25. The van der Waals surface area contributed by atoms with Gasteiger partial charge in [-0.05, 0) is 38.4 Å². The summed E-state index contributed by atoms with van der Waals surface area (Å²) in [7, 11) is 1.78. The molecular weight excluding hydrogens is 248 g/mol. The third kappa shape index (κ3) is 2.44. The highest BCUT2D eigenvalue weighted by Crippen LogP contribution is 2.25. The molecule has 1 aromatic heterocycles. The summed E-state index contributed by atoms with van der Waals surface area (Å²) in [4.78, 5) is 2.26. The molecule has 2 unspecified atom stereocenters. The van der Waals surface area contributed by atoms with Crippen molar-refractivity contribution >= 4 is 18.2 Å². The summed E-state index contributed by atoms with van der Waals surface area (Å²) in [6.07, 6.45) is 1.39. The van der Waals surface area contributed by atoms with E-state index in [-0.39, 0.29) is 6.10 Å². The number of piperidine rings is 1. The highest BCUT2D eigenvalue weighted by atomic mass is 32.1. The van der Waals surface area contributed by atoms with Crippen LogP contribution in [0.2, 0.25) is 0 Å². The maximum Gasteiger partial charge on any atom is 0.226 e. The first kappa shape index (κ1) is 13.5. The van der Waals surface area contributed by atoms with Crippen LogP contribution in [0.3, 0.4) is 0 Å². The van der Waals surface area contributed by atoms with E-state index in [0.29, 0.717) is 16.7 Å². The maximum absolute atomic E-state index is 5.55. The van der Waals surface area contributed by atoms with Crippen LogP contribution in [-0.4, -0.2) is 41.1 Å². The normalized spacial score (nSPS) is 24.8. The molecule has 0 bridgehead atoms. The van der Waals surface area contributed by atoms with Crippen LogP contribution in [-0.2, 0) is 4.74 Å². The van der Waals surface area contributed by atoms with E-state index < -0.39 is 0 Å². The number of rotatable bonds is 3. The monoisotopic (exact) mass is 270 g/mol. The average molecular weight is 270 g/mol. The summed E-state index contributed by atoms with van der Waals surface area (Å²) < 4.78 is 8.30. The molecule has 0 aromatic carbocycles. The fourth-order valence-corrected chi connectivity index (χ4v) is 2.85. The summed E-state index contributed by atoms with van der Waals surface area (Å²) in [6.45, 7) is 8.37. The Morgan fingerprint density at radius 3 is 2.83 bits per heavy atom. The zero-order chi connectivity index (χ0) is 13.3. The lowest BCUT2D eigenvalue weighted by atomic mass is 9.96. The van der Waals surface area contributed by atoms with Crippen LogP contribution in [0.1, 0.15) is 33.2 Å². The average Bonchev–Trinajstić information content (AvgIpc) is 2.72. The smallest absolute Gasteiger partial charge is 0.226 e. The number of nitrogens with one attached hydrogen (secondary N) is 1. The molecule has 2 atom stereocenters. The van der Waals surface area contributed by atoms with Crippen LogP contribution in [0, 0.1) is 10.7 Å². The number of hydrogen-bond acceptors (Lipinski definition) is 4. The lowest BCUT2D eigenvalue weighted by molar-refractivity contribution is 0.0492. The third-order valence-electron chi connectivity index (χ3n) is 3.68. The first-order valence-electron chi connectivity index (χ1n) is 6.49. The number of ether oxygens (including phenoxy) is 1. The van der Waals surface area contributed by atoms with Crippen molar-refractivity contribution in [2.24, 2.45) is 5.92 Å². The van der Waals surface area contributed by atoms with Gasteiger partial charge in [0.05, 0.1) is 6.10 Å². The highest BCUT2D eigenvalue weighted by Gasteiger charge is 2.28. The van der Waals surface area contributed by atoms with Gasteiger partial charge in [0.15, 0.2) is 4.77 Å². The van der Waals surface area contributed by atoms with Crippen molar-refractivity contribution in [3.8, 4) is 0 Å². The Morgan fingerprint density at radius 1 is 1.50 bits per heavy atom. The molecule has 1 aromatic rings. The largest absolute Gasteiger partial charge is 0.379 e. The molecular formula is C12H22N4OS. The van der Waals surface area contributed by atoms with Gasteiger partial charge in [-0.3, -0.25) is 4.57 Å².